The van der Waals surface area contributed by atoms with E-state index in [2.05, 4.69) is 20.4 Å². The standard InChI is InChI=1S/C15H22N6O2/c1-20-13(10-22)18-19-15(20)12-4-6-21(7-5-12)14(23)3-2-11-8-16-17-9-11/h8-9,12,22H,2-7,10H2,1H3,(H,16,17). The van der Waals surface area contributed by atoms with Crippen molar-refractivity contribution in [2.24, 2.45) is 7.05 Å². The molecule has 0 saturated carbocycles. The molecule has 2 N–H and O–H groups in total. The maximum atomic E-state index is 12.3. The van der Waals surface area contributed by atoms with Crippen LogP contribution in [0.1, 0.15) is 42.4 Å². The molecule has 1 amide bonds. The van der Waals surface area contributed by atoms with E-state index in [-0.39, 0.29) is 12.5 Å². The number of nitrogens with one attached hydrogen (secondary N) is 1. The van der Waals surface area contributed by atoms with Crippen LogP contribution in [0.15, 0.2) is 12.4 Å². The number of carbonyl (C=O) groups excluding carboxylic acids is 1. The number of hydrogen-bond acceptors (Lipinski definition) is 5. The third-order valence-electron chi connectivity index (χ3n) is 4.54. The van der Waals surface area contributed by atoms with Gasteiger partial charge in [0.05, 0.1) is 6.20 Å². The summed E-state index contributed by atoms with van der Waals surface area (Å²) in [6.07, 6.45) is 6.59. The van der Waals surface area contributed by atoms with Gasteiger partial charge >= 0.3 is 0 Å². The summed E-state index contributed by atoms with van der Waals surface area (Å²) in [5, 5.41) is 24.0. The number of aliphatic hydroxyl groups is 1. The van der Waals surface area contributed by atoms with E-state index in [1.165, 1.54) is 0 Å². The van der Waals surface area contributed by atoms with Gasteiger partial charge in [0.1, 0.15) is 12.4 Å². The highest BCUT2D eigenvalue weighted by molar-refractivity contribution is 5.76. The molecule has 3 heterocycles. The summed E-state index contributed by atoms with van der Waals surface area (Å²) in [6.45, 7) is 1.39. The number of hydrogen-bond donors (Lipinski definition) is 2. The van der Waals surface area contributed by atoms with Gasteiger partial charge in [-0.2, -0.15) is 5.10 Å². The number of piperidine rings is 1. The summed E-state index contributed by atoms with van der Waals surface area (Å²) in [7, 11) is 1.88. The lowest BCUT2D eigenvalue weighted by Crippen LogP contribution is -2.38. The second-order valence-corrected chi connectivity index (χ2v) is 5.95. The number of amides is 1. The van der Waals surface area contributed by atoms with Gasteiger partial charge in [0.25, 0.3) is 0 Å². The SMILES string of the molecule is Cn1c(CO)nnc1C1CCN(C(=O)CCc2cn[nH]c2)CC1. The van der Waals surface area contributed by atoms with Crippen LogP contribution in [0.4, 0.5) is 0 Å². The molecular weight excluding hydrogens is 296 g/mol. The lowest BCUT2D eigenvalue weighted by Gasteiger charge is -2.31. The summed E-state index contributed by atoms with van der Waals surface area (Å²) in [5.74, 6) is 1.97. The number of aromatic amines is 1. The maximum Gasteiger partial charge on any atom is 0.222 e. The van der Waals surface area contributed by atoms with Crippen molar-refractivity contribution in [1.82, 2.24) is 29.9 Å². The molecule has 0 bridgehead atoms. The molecule has 8 heteroatoms. The monoisotopic (exact) mass is 318 g/mol. The first-order valence-corrected chi connectivity index (χ1v) is 7.93. The summed E-state index contributed by atoms with van der Waals surface area (Å²) < 4.78 is 1.86. The van der Waals surface area contributed by atoms with Crippen molar-refractivity contribution in [3.8, 4) is 0 Å². The Bertz CT molecular complexity index is 643. The largest absolute Gasteiger partial charge is 0.388 e. The van der Waals surface area contributed by atoms with Gasteiger partial charge in [-0.05, 0) is 24.8 Å². The molecule has 1 aliphatic heterocycles. The number of nitrogens with zero attached hydrogens (tertiary/aromatic N) is 5. The second-order valence-electron chi connectivity index (χ2n) is 5.95. The molecule has 0 unspecified atom stereocenters. The van der Waals surface area contributed by atoms with Crippen LogP contribution in [0, 0.1) is 0 Å². The smallest absolute Gasteiger partial charge is 0.222 e. The Morgan fingerprint density at radius 1 is 1.39 bits per heavy atom. The van der Waals surface area contributed by atoms with Crippen LogP contribution in [0.3, 0.4) is 0 Å². The third-order valence-corrected chi connectivity index (χ3v) is 4.54. The Kier molecular flexibility index (Phi) is 4.71. The molecule has 1 aliphatic rings. The van der Waals surface area contributed by atoms with Crippen molar-refractivity contribution >= 4 is 5.91 Å². The molecule has 8 nitrogen and oxygen atoms in total. The minimum atomic E-state index is -0.102. The lowest BCUT2D eigenvalue weighted by molar-refractivity contribution is -0.132. The first-order valence-electron chi connectivity index (χ1n) is 7.93. The molecular formula is C15H22N6O2. The minimum Gasteiger partial charge on any atom is -0.388 e. The lowest BCUT2D eigenvalue weighted by atomic mass is 9.95. The van der Waals surface area contributed by atoms with Gasteiger partial charge < -0.3 is 14.6 Å². The van der Waals surface area contributed by atoms with Crippen LogP contribution in [-0.2, 0) is 24.9 Å². The number of rotatable bonds is 5. The van der Waals surface area contributed by atoms with Crippen LogP contribution < -0.4 is 0 Å². The first-order chi connectivity index (χ1) is 11.2. The van der Waals surface area contributed by atoms with Crippen molar-refractivity contribution in [2.45, 2.75) is 38.2 Å². The van der Waals surface area contributed by atoms with Crippen molar-refractivity contribution in [2.75, 3.05) is 13.1 Å². The number of aryl methyl sites for hydroxylation is 1. The zero-order chi connectivity index (χ0) is 16.2. The van der Waals surface area contributed by atoms with Crippen LogP contribution in [0.2, 0.25) is 0 Å². The molecule has 3 rings (SSSR count). The van der Waals surface area contributed by atoms with Gasteiger partial charge in [0, 0.05) is 38.7 Å². The van der Waals surface area contributed by atoms with Gasteiger partial charge in [-0.15, -0.1) is 10.2 Å². The fourth-order valence-corrected chi connectivity index (χ4v) is 3.08. The predicted octanol–water partition coefficient (Wildman–Crippen LogP) is 0.369. The highest BCUT2D eigenvalue weighted by atomic mass is 16.3. The quantitative estimate of drug-likeness (QED) is 0.829. The van der Waals surface area contributed by atoms with Gasteiger partial charge in [-0.25, -0.2) is 0 Å². The third kappa shape index (κ3) is 3.42. The second kappa shape index (κ2) is 6.91. The molecule has 0 radical (unpaired) electrons. The number of likely N-dealkylation sites (tertiary alicyclic amines) is 1. The molecule has 0 aliphatic carbocycles. The van der Waals surface area contributed by atoms with E-state index in [4.69, 9.17) is 0 Å². The Morgan fingerprint density at radius 3 is 2.78 bits per heavy atom. The molecule has 1 fully saturated rings. The van der Waals surface area contributed by atoms with Crippen molar-refractivity contribution in [3.63, 3.8) is 0 Å². The molecule has 0 aromatic carbocycles. The first kappa shape index (κ1) is 15.7. The van der Waals surface area contributed by atoms with Crippen molar-refractivity contribution < 1.29 is 9.90 Å². The Morgan fingerprint density at radius 2 is 2.17 bits per heavy atom. The van der Waals surface area contributed by atoms with Gasteiger partial charge in [-0.3, -0.25) is 9.89 Å². The predicted molar refractivity (Wildman–Crippen MR) is 82.4 cm³/mol. The fraction of sp³-hybridized carbons (Fsp3) is 0.600. The van der Waals surface area contributed by atoms with Crippen molar-refractivity contribution in [3.05, 3.63) is 29.6 Å². The Labute approximate surface area is 134 Å². The van der Waals surface area contributed by atoms with E-state index in [0.717, 1.165) is 43.7 Å². The highest BCUT2D eigenvalue weighted by Gasteiger charge is 2.27. The average Bonchev–Trinajstić information content (AvgIpc) is 3.22. The Hall–Kier alpha value is -2.22. The van der Waals surface area contributed by atoms with Gasteiger partial charge in [0.15, 0.2) is 5.82 Å². The molecule has 0 atom stereocenters. The van der Waals surface area contributed by atoms with Crippen LogP contribution in [-0.4, -0.2) is 54.0 Å². The molecule has 23 heavy (non-hydrogen) atoms. The molecule has 2 aromatic rings. The summed E-state index contributed by atoms with van der Waals surface area (Å²) in [6, 6.07) is 0. The van der Waals surface area contributed by atoms with E-state index < -0.39 is 0 Å². The van der Waals surface area contributed by atoms with E-state index in [1.807, 2.05) is 22.7 Å². The molecule has 0 spiro atoms. The number of aromatic nitrogens is 5. The van der Waals surface area contributed by atoms with Gasteiger partial charge in [-0.1, -0.05) is 0 Å². The van der Waals surface area contributed by atoms with Gasteiger partial charge in [0.2, 0.25) is 5.91 Å². The van der Waals surface area contributed by atoms with Crippen LogP contribution >= 0.6 is 0 Å². The zero-order valence-electron chi connectivity index (χ0n) is 13.3. The highest BCUT2D eigenvalue weighted by Crippen LogP contribution is 2.27. The molecule has 124 valence electrons. The molecule has 2 aromatic heterocycles. The van der Waals surface area contributed by atoms with E-state index in [9.17, 15) is 9.90 Å². The number of carbonyl (C=O) groups is 1. The van der Waals surface area contributed by atoms with Crippen LogP contribution in [0.25, 0.3) is 0 Å². The topological polar surface area (TPSA) is 99.9 Å². The van der Waals surface area contributed by atoms with Crippen molar-refractivity contribution in [1.29, 1.82) is 0 Å². The van der Waals surface area contributed by atoms with E-state index >= 15 is 0 Å². The zero-order valence-corrected chi connectivity index (χ0v) is 13.3. The normalized spacial score (nSPS) is 16.0. The summed E-state index contributed by atoms with van der Waals surface area (Å²) in [4.78, 5) is 14.2. The number of aliphatic hydroxyl groups excluding tert-OH is 1. The number of H-pyrrole nitrogens is 1. The summed E-state index contributed by atoms with van der Waals surface area (Å²) >= 11 is 0. The fourth-order valence-electron chi connectivity index (χ4n) is 3.08. The minimum absolute atomic E-state index is 0.102. The van der Waals surface area contributed by atoms with Crippen LogP contribution in [0.5, 0.6) is 0 Å². The summed E-state index contributed by atoms with van der Waals surface area (Å²) in [5.41, 5.74) is 1.06. The maximum absolute atomic E-state index is 12.3. The van der Waals surface area contributed by atoms with E-state index in [1.54, 1.807) is 6.20 Å². The van der Waals surface area contributed by atoms with E-state index in [0.29, 0.717) is 18.2 Å². The average molecular weight is 318 g/mol. The molecule has 1 saturated heterocycles. The Balaban J connectivity index is 1.51.